The molecule has 3 heterocycles. The van der Waals surface area contributed by atoms with Crippen molar-refractivity contribution >= 4 is 33.2 Å². The lowest BCUT2D eigenvalue weighted by Gasteiger charge is -2.61. The van der Waals surface area contributed by atoms with Crippen LogP contribution >= 0.6 is 0 Å². The van der Waals surface area contributed by atoms with Crippen molar-refractivity contribution in [2.45, 2.75) is 51.6 Å². The first-order chi connectivity index (χ1) is 20.3. The average molecular weight is 554 g/mol. The Kier molecular flexibility index (Phi) is 5.88. The second-order valence-corrected chi connectivity index (χ2v) is 12.9. The maximum absolute atomic E-state index is 10.1. The lowest BCUT2D eigenvalue weighted by molar-refractivity contribution is -0.0989. The molecule has 3 aliphatic carbocycles. The lowest BCUT2D eigenvalue weighted by Crippen LogP contribution is -2.59. The van der Waals surface area contributed by atoms with Crippen molar-refractivity contribution in [2.24, 2.45) is 11.3 Å². The van der Waals surface area contributed by atoms with Crippen molar-refractivity contribution in [2.75, 3.05) is 17.2 Å². The van der Waals surface area contributed by atoms with E-state index in [4.69, 9.17) is 0 Å². The lowest BCUT2D eigenvalue weighted by atomic mass is 9.50. The van der Waals surface area contributed by atoms with Gasteiger partial charge in [0.15, 0.2) is 0 Å². The summed E-state index contributed by atoms with van der Waals surface area (Å²) in [5, 5.41) is 38.2. The predicted molar refractivity (Wildman–Crippen MR) is 162 cm³/mol. The smallest absolute Gasteiger partial charge is 0.110 e. The largest absolute Gasteiger partial charge is 0.383 e. The molecule has 9 heteroatoms. The van der Waals surface area contributed by atoms with Gasteiger partial charge in [-0.25, -0.2) is 4.68 Å². The number of fused-ring (bicyclic) bond motifs is 2. The van der Waals surface area contributed by atoms with Gasteiger partial charge in [-0.15, -0.1) is 5.10 Å². The van der Waals surface area contributed by atoms with E-state index in [1.807, 2.05) is 30.3 Å². The van der Waals surface area contributed by atoms with E-state index >= 15 is 0 Å². The van der Waals surface area contributed by atoms with Crippen LogP contribution in [-0.4, -0.2) is 31.5 Å². The minimum absolute atomic E-state index is 0.0179. The van der Waals surface area contributed by atoms with E-state index in [9.17, 15) is 10.5 Å². The molecule has 3 fully saturated rings. The second-order valence-electron chi connectivity index (χ2n) is 12.9. The van der Waals surface area contributed by atoms with Gasteiger partial charge in [-0.1, -0.05) is 44.2 Å². The summed E-state index contributed by atoms with van der Waals surface area (Å²) in [5.74, 6) is 0.825. The molecule has 2 N–H and O–H groups in total. The van der Waals surface area contributed by atoms with Crippen molar-refractivity contribution < 1.29 is 0 Å². The Hall–Kier alpha value is -5.02. The molecule has 0 amide bonds. The molecule has 2 aromatic carbocycles. The second kappa shape index (κ2) is 9.53. The van der Waals surface area contributed by atoms with Crippen LogP contribution in [0.1, 0.15) is 68.5 Å². The maximum atomic E-state index is 10.1. The van der Waals surface area contributed by atoms with E-state index in [1.165, 1.54) is 25.5 Å². The van der Waals surface area contributed by atoms with Gasteiger partial charge in [0, 0.05) is 35.4 Å². The van der Waals surface area contributed by atoms with Gasteiger partial charge >= 0.3 is 0 Å². The van der Waals surface area contributed by atoms with E-state index in [-0.39, 0.29) is 17.0 Å². The number of nitrogens with zero attached hydrogens (tertiary/aromatic N) is 7. The quantitative estimate of drug-likeness (QED) is 0.241. The summed E-state index contributed by atoms with van der Waals surface area (Å²) in [6, 6.07) is 18.1. The van der Waals surface area contributed by atoms with Crippen LogP contribution in [0, 0.1) is 34.0 Å². The third kappa shape index (κ3) is 4.29. The number of pyridine rings is 2. The minimum atomic E-state index is -0.360. The summed E-state index contributed by atoms with van der Waals surface area (Å²) in [6.07, 6.45) is 8.90. The SMILES string of the molecule is CC(C)(C)CNc1c(C#N)cnc2c(C#N)cc(N[C@H](c3cn(C45CC(C4)C5)nn3)c3cccc4ncccc34)cc12. The van der Waals surface area contributed by atoms with Crippen molar-refractivity contribution in [3.05, 3.63) is 83.4 Å². The van der Waals surface area contributed by atoms with Gasteiger partial charge < -0.3 is 10.6 Å². The van der Waals surface area contributed by atoms with Crippen LogP contribution in [0.5, 0.6) is 0 Å². The predicted octanol–water partition coefficient (Wildman–Crippen LogP) is 6.29. The number of rotatable bonds is 7. The van der Waals surface area contributed by atoms with Crippen LogP contribution in [-0.2, 0) is 5.54 Å². The molecule has 5 aromatic rings. The zero-order valence-electron chi connectivity index (χ0n) is 23.9. The molecule has 208 valence electrons. The molecule has 3 aromatic heterocycles. The standard InChI is InChI=1S/C33H31N9/c1-32(2,3)19-38-30-22(16-35)17-37-29-21(15-34)10-23(11-26(29)30)39-31(25-6-4-8-27-24(25)7-5-9-36-27)28-18-42(41-40-28)33-12-20(13-33)14-33/h4-11,17-18,20,31,39H,12-14,19H2,1-3H3,(H,37,38)/t20?,31-,33?/m0/s1. The first-order valence-electron chi connectivity index (χ1n) is 14.3. The van der Waals surface area contributed by atoms with Crippen molar-refractivity contribution in [1.82, 2.24) is 25.0 Å². The first kappa shape index (κ1) is 25.9. The zero-order chi connectivity index (χ0) is 29.1. The summed E-state index contributed by atoms with van der Waals surface area (Å²) in [6.45, 7) is 7.05. The van der Waals surface area contributed by atoms with Crippen LogP contribution < -0.4 is 10.6 Å². The van der Waals surface area contributed by atoms with E-state index < -0.39 is 0 Å². The molecule has 42 heavy (non-hydrogen) atoms. The number of aromatic nitrogens is 5. The Bertz CT molecular complexity index is 1910. The number of hydrogen-bond acceptors (Lipinski definition) is 8. The number of nitriles is 2. The van der Waals surface area contributed by atoms with Gasteiger partial charge in [0.25, 0.3) is 0 Å². The zero-order valence-corrected chi connectivity index (χ0v) is 23.9. The summed E-state index contributed by atoms with van der Waals surface area (Å²) < 4.78 is 2.05. The fourth-order valence-corrected chi connectivity index (χ4v) is 6.31. The van der Waals surface area contributed by atoms with Crippen LogP contribution in [0.2, 0.25) is 0 Å². The van der Waals surface area contributed by atoms with Crippen LogP contribution in [0.4, 0.5) is 11.4 Å². The van der Waals surface area contributed by atoms with Gasteiger partial charge in [0.1, 0.15) is 17.8 Å². The number of anilines is 2. The normalized spacial score (nSPS) is 19.8. The minimum Gasteiger partial charge on any atom is -0.383 e. The Balaban J connectivity index is 1.36. The summed E-state index contributed by atoms with van der Waals surface area (Å²) in [5.41, 5.74) is 5.61. The number of benzene rings is 2. The summed E-state index contributed by atoms with van der Waals surface area (Å²) in [7, 11) is 0. The Morgan fingerprint density at radius 3 is 2.55 bits per heavy atom. The molecule has 0 saturated heterocycles. The molecule has 8 rings (SSSR count). The van der Waals surface area contributed by atoms with Crippen LogP contribution in [0.25, 0.3) is 21.8 Å². The van der Waals surface area contributed by atoms with Crippen molar-refractivity contribution in [3.8, 4) is 12.1 Å². The fourth-order valence-electron chi connectivity index (χ4n) is 6.31. The van der Waals surface area contributed by atoms with E-state index in [2.05, 4.69) is 86.8 Å². The fraction of sp³-hybridized carbons (Fsp3) is 0.333. The van der Waals surface area contributed by atoms with Crippen LogP contribution in [0.3, 0.4) is 0 Å². The molecule has 1 atom stereocenters. The molecule has 3 saturated carbocycles. The molecular formula is C33H31N9. The molecule has 0 radical (unpaired) electrons. The molecule has 9 nitrogen and oxygen atoms in total. The number of hydrogen-bond donors (Lipinski definition) is 2. The highest BCUT2D eigenvalue weighted by atomic mass is 15.5. The number of nitrogens with one attached hydrogen (secondary N) is 2. The van der Waals surface area contributed by atoms with Crippen LogP contribution in [0.15, 0.2) is 61.1 Å². The summed E-state index contributed by atoms with van der Waals surface area (Å²) in [4.78, 5) is 9.09. The first-order valence-corrected chi connectivity index (χ1v) is 14.3. The highest BCUT2D eigenvalue weighted by Gasteiger charge is 2.58. The molecule has 0 aliphatic heterocycles. The molecule has 0 unspecified atom stereocenters. The van der Waals surface area contributed by atoms with Gasteiger partial charge in [-0.2, -0.15) is 10.5 Å². The van der Waals surface area contributed by atoms with E-state index in [1.54, 1.807) is 6.20 Å². The van der Waals surface area contributed by atoms with E-state index in [0.29, 0.717) is 28.9 Å². The van der Waals surface area contributed by atoms with Gasteiger partial charge in [-0.05, 0) is 60.4 Å². The summed E-state index contributed by atoms with van der Waals surface area (Å²) >= 11 is 0. The van der Waals surface area contributed by atoms with Gasteiger partial charge in [0.2, 0.25) is 0 Å². The molecular weight excluding hydrogens is 522 g/mol. The highest BCUT2D eigenvalue weighted by Crippen LogP contribution is 2.62. The maximum Gasteiger partial charge on any atom is 0.110 e. The molecule has 2 bridgehead atoms. The van der Waals surface area contributed by atoms with Crippen molar-refractivity contribution in [3.63, 3.8) is 0 Å². The Labute approximate surface area is 244 Å². The third-order valence-electron chi connectivity index (χ3n) is 8.61. The highest BCUT2D eigenvalue weighted by molar-refractivity contribution is 5.99. The molecule has 3 aliphatic rings. The third-order valence-corrected chi connectivity index (χ3v) is 8.61. The monoisotopic (exact) mass is 553 g/mol. The molecule has 0 spiro atoms. The topological polar surface area (TPSA) is 128 Å². The van der Waals surface area contributed by atoms with E-state index in [0.717, 1.165) is 39.2 Å². The Morgan fingerprint density at radius 2 is 1.83 bits per heavy atom. The van der Waals surface area contributed by atoms with Gasteiger partial charge in [-0.3, -0.25) is 9.97 Å². The van der Waals surface area contributed by atoms with Gasteiger partial charge in [0.05, 0.1) is 45.6 Å². The average Bonchev–Trinajstić information content (AvgIpc) is 3.41. The van der Waals surface area contributed by atoms with Crippen molar-refractivity contribution in [1.29, 1.82) is 10.5 Å². The Morgan fingerprint density at radius 1 is 1.02 bits per heavy atom.